The molecule has 0 fully saturated rings. The molecular formula is C21H15Cl2N3O. The highest BCUT2D eigenvalue weighted by Crippen LogP contribution is 2.37. The van der Waals surface area contributed by atoms with Gasteiger partial charge in [0.2, 0.25) is 0 Å². The van der Waals surface area contributed by atoms with Gasteiger partial charge in [-0.3, -0.25) is 4.79 Å². The number of benzene rings is 2. The SMILES string of the molecule is Nc1nc(Cc2ccccc2)nc2c1C=C(c1c(Cl)cccc1Cl)C(=O)C2. The summed E-state index contributed by atoms with van der Waals surface area (Å²) in [5.41, 5.74) is 9.50. The van der Waals surface area contributed by atoms with E-state index in [4.69, 9.17) is 28.9 Å². The predicted octanol–water partition coefficient (Wildman–Crippen LogP) is 4.62. The number of hydrogen-bond donors (Lipinski definition) is 1. The van der Waals surface area contributed by atoms with Crippen molar-refractivity contribution in [2.24, 2.45) is 0 Å². The van der Waals surface area contributed by atoms with Crippen LogP contribution < -0.4 is 5.73 Å². The van der Waals surface area contributed by atoms with Crippen molar-refractivity contribution in [3.8, 4) is 0 Å². The summed E-state index contributed by atoms with van der Waals surface area (Å²) in [5.74, 6) is 0.846. The summed E-state index contributed by atoms with van der Waals surface area (Å²) in [4.78, 5) is 21.8. The van der Waals surface area contributed by atoms with Gasteiger partial charge in [0.1, 0.15) is 11.6 Å². The Morgan fingerprint density at radius 2 is 1.67 bits per heavy atom. The largest absolute Gasteiger partial charge is 0.383 e. The van der Waals surface area contributed by atoms with E-state index >= 15 is 0 Å². The zero-order valence-electron chi connectivity index (χ0n) is 14.2. The Hall–Kier alpha value is -2.69. The molecule has 0 radical (unpaired) electrons. The van der Waals surface area contributed by atoms with Gasteiger partial charge in [-0.25, -0.2) is 9.97 Å². The number of nitrogens with zero attached hydrogens (tertiary/aromatic N) is 2. The summed E-state index contributed by atoms with van der Waals surface area (Å²) >= 11 is 12.5. The van der Waals surface area contributed by atoms with Gasteiger partial charge in [-0.2, -0.15) is 0 Å². The monoisotopic (exact) mass is 395 g/mol. The molecule has 3 aromatic rings. The van der Waals surface area contributed by atoms with Crippen LogP contribution in [0.15, 0.2) is 48.5 Å². The minimum atomic E-state index is -0.0961. The van der Waals surface area contributed by atoms with Crippen LogP contribution in [0.5, 0.6) is 0 Å². The number of carbonyl (C=O) groups is 1. The molecule has 0 unspecified atom stereocenters. The molecule has 1 aromatic heterocycles. The van der Waals surface area contributed by atoms with Crippen molar-refractivity contribution in [1.82, 2.24) is 9.97 Å². The summed E-state index contributed by atoms with van der Waals surface area (Å²) in [7, 11) is 0. The lowest BCUT2D eigenvalue weighted by Gasteiger charge is -2.18. The number of anilines is 1. The average molecular weight is 396 g/mol. The highest BCUT2D eigenvalue weighted by atomic mass is 35.5. The molecule has 0 amide bonds. The summed E-state index contributed by atoms with van der Waals surface area (Å²) < 4.78 is 0. The highest BCUT2D eigenvalue weighted by molar-refractivity contribution is 6.42. The first kappa shape index (κ1) is 17.7. The maximum Gasteiger partial charge on any atom is 0.169 e. The summed E-state index contributed by atoms with van der Waals surface area (Å²) in [6, 6.07) is 15.0. The van der Waals surface area contributed by atoms with Crippen molar-refractivity contribution in [1.29, 1.82) is 0 Å². The Balaban J connectivity index is 1.77. The number of allylic oxidation sites excluding steroid dienone is 1. The van der Waals surface area contributed by atoms with Crippen molar-refractivity contribution in [2.75, 3.05) is 5.73 Å². The summed E-state index contributed by atoms with van der Waals surface area (Å²) in [5, 5.41) is 0.844. The molecule has 0 bridgehead atoms. The molecule has 27 heavy (non-hydrogen) atoms. The third kappa shape index (κ3) is 3.46. The second-order valence-electron chi connectivity index (χ2n) is 6.30. The first-order chi connectivity index (χ1) is 13.0. The number of ketones is 1. The van der Waals surface area contributed by atoms with Gasteiger partial charge in [0.15, 0.2) is 5.78 Å². The van der Waals surface area contributed by atoms with E-state index < -0.39 is 0 Å². The fourth-order valence-electron chi connectivity index (χ4n) is 3.18. The standard InChI is InChI=1S/C21H15Cl2N3O/c22-15-7-4-8-16(23)20(15)14-10-13-17(11-18(14)27)25-19(26-21(13)24)9-12-5-2-1-3-6-12/h1-8,10H,9,11H2,(H2,24,25,26). The van der Waals surface area contributed by atoms with E-state index in [9.17, 15) is 4.79 Å². The number of Topliss-reactive ketones (excluding diaryl/α,β-unsaturated/α-hetero) is 1. The Bertz CT molecular complexity index is 1060. The van der Waals surface area contributed by atoms with Crippen molar-refractivity contribution in [2.45, 2.75) is 12.8 Å². The molecule has 2 N–H and O–H groups in total. The topological polar surface area (TPSA) is 68.9 Å². The van der Waals surface area contributed by atoms with Crippen LogP contribution in [0.25, 0.3) is 11.6 Å². The van der Waals surface area contributed by atoms with Gasteiger partial charge in [-0.05, 0) is 23.8 Å². The molecule has 2 aromatic carbocycles. The molecule has 0 spiro atoms. The van der Waals surface area contributed by atoms with E-state index in [1.165, 1.54) is 0 Å². The number of fused-ring (bicyclic) bond motifs is 1. The number of hydrogen-bond acceptors (Lipinski definition) is 4. The third-order valence-electron chi connectivity index (χ3n) is 4.45. The molecule has 0 atom stereocenters. The molecule has 0 saturated heterocycles. The van der Waals surface area contributed by atoms with Crippen molar-refractivity contribution in [3.63, 3.8) is 0 Å². The molecule has 4 nitrogen and oxygen atoms in total. The number of halogens is 2. The van der Waals surface area contributed by atoms with Crippen LogP contribution in [-0.2, 0) is 17.6 Å². The number of aromatic nitrogens is 2. The van der Waals surface area contributed by atoms with Crippen LogP contribution in [0.1, 0.15) is 28.2 Å². The second kappa shape index (κ2) is 7.14. The second-order valence-corrected chi connectivity index (χ2v) is 7.12. The van der Waals surface area contributed by atoms with Gasteiger partial charge < -0.3 is 5.73 Å². The van der Waals surface area contributed by atoms with Crippen LogP contribution in [0.2, 0.25) is 10.0 Å². The fraction of sp³-hybridized carbons (Fsp3) is 0.0952. The molecule has 0 aliphatic heterocycles. The van der Waals surface area contributed by atoms with Gasteiger partial charge in [0, 0.05) is 23.1 Å². The van der Waals surface area contributed by atoms with Crippen LogP contribution in [0.3, 0.4) is 0 Å². The lowest BCUT2D eigenvalue weighted by Crippen LogP contribution is -2.17. The Morgan fingerprint density at radius 3 is 2.37 bits per heavy atom. The van der Waals surface area contributed by atoms with Crippen molar-refractivity contribution in [3.05, 3.63) is 86.8 Å². The van der Waals surface area contributed by atoms with Crippen LogP contribution in [0, 0.1) is 0 Å². The minimum absolute atomic E-state index is 0.0961. The van der Waals surface area contributed by atoms with E-state index in [0.29, 0.717) is 50.5 Å². The summed E-state index contributed by atoms with van der Waals surface area (Å²) in [6.45, 7) is 0. The number of nitrogens with two attached hydrogens (primary N) is 1. The van der Waals surface area contributed by atoms with E-state index in [1.54, 1.807) is 24.3 Å². The molecule has 6 heteroatoms. The maximum absolute atomic E-state index is 12.8. The van der Waals surface area contributed by atoms with Crippen LogP contribution in [-0.4, -0.2) is 15.8 Å². The Labute approximate surface area is 166 Å². The number of carbonyl (C=O) groups excluding carboxylic acids is 1. The van der Waals surface area contributed by atoms with Crippen LogP contribution >= 0.6 is 23.2 Å². The predicted molar refractivity (Wildman–Crippen MR) is 109 cm³/mol. The zero-order valence-corrected chi connectivity index (χ0v) is 15.8. The Morgan fingerprint density at radius 1 is 0.963 bits per heavy atom. The quantitative estimate of drug-likeness (QED) is 0.701. The van der Waals surface area contributed by atoms with Gasteiger partial charge in [0.25, 0.3) is 0 Å². The van der Waals surface area contributed by atoms with E-state index in [1.807, 2.05) is 30.3 Å². The molecule has 1 heterocycles. The fourth-order valence-corrected chi connectivity index (χ4v) is 3.78. The molecule has 1 aliphatic carbocycles. The maximum atomic E-state index is 12.8. The van der Waals surface area contributed by atoms with Gasteiger partial charge >= 0.3 is 0 Å². The molecule has 4 rings (SSSR count). The molecular weight excluding hydrogens is 381 g/mol. The molecule has 134 valence electrons. The minimum Gasteiger partial charge on any atom is -0.383 e. The van der Waals surface area contributed by atoms with E-state index in [2.05, 4.69) is 9.97 Å². The first-order valence-electron chi connectivity index (χ1n) is 8.41. The smallest absolute Gasteiger partial charge is 0.169 e. The van der Waals surface area contributed by atoms with Crippen molar-refractivity contribution < 1.29 is 4.79 Å². The Kier molecular flexibility index (Phi) is 4.68. The lowest BCUT2D eigenvalue weighted by molar-refractivity contribution is -0.113. The van der Waals surface area contributed by atoms with Crippen LogP contribution in [0.4, 0.5) is 5.82 Å². The van der Waals surface area contributed by atoms with Gasteiger partial charge in [-0.15, -0.1) is 0 Å². The van der Waals surface area contributed by atoms with Crippen molar-refractivity contribution >= 4 is 46.5 Å². The lowest BCUT2D eigenvalue weighted by atomic mass is 9.90. The normalized spacial score (nSPS) is 13.3. The average Bonchev–Trinajstić information content (AvgIpc) is 2.63. The number of nitrogen functional groups attached to an aromatic ring is 1. The van der Waals surface area contributed by atoms with Gasteiger partial charge in [0.05, 0.1) is 22.2 Å². The highest BCUT2D eigenvalue weighted by Gasteiger charge is 2.26. The third-order valence-corrected chi connectivity index (χ3v) is 5.08. The van der Waals surface area contributed by atoms with E-state index in [0.717, 1.165) is 5.56 Å². The molecule has 0 saturated carbocycles. The molecule has 1 aliphatic rings. The summed E-state index contributed by atoms with van der Waals surface area (Å²) in [6.07, 6.45) is 2.38. The zero-order chi connectivity index (χ0) is 19.0. The van der Waals surface area contributed by atoms with Gasteiger partial charge in [-0.1, -0.05) is 59.6 Å². The number of rotatable bonds is 3. The first-order valence-corrected chi connectivity index (χ1v) is 9.17. The van der Waals surface area contributed by atoms with E-state index in [-0.39, 0.29) is 12.2 Å².